The van der Waals surface area contributed by atoms with Gasteiger partial charge in [0.05, 0.1) is 5.52 Å². The Kier molecular flexibility index (Phi) is 2.57. The summed E-state index contributed by atoms with van der Waals surface area (Å²) in [6.07, 6.45) is -4.74. The van der Waals surface area contributed by atoms with Crippen molar-refractivity contribution in [1.29, 1.82) is 0 Å². The summed E-state index contributed by atoms with van der Waals surface area (Å²) >= 11 is 0. The second-order valence-electron chi connectivity index (χ2n) is 3.57. The van der Waals surface area contributed by atoms with Crippen LogP contribution in [0.4, 0.5) is 13.2 Å². The van der Waals surface area contributed by atoms with E-state index in [1.54, 1.807) is 6.92 Å². The van der Waals surface area contributed by atoms with Gasteiger partial charge in [-0.25, -0.2) is 0 Å². The number of pyridine rings is 1. The molecular formula is C11H8F3NO2. The molecule has 0 saturated carbocycles. The van der Waals surface area contributed by atoms with E-state index < -0.39 is 6.36 Å². The summed E-state index contributed by atoms with van der Waals surface area (Å²) < 4.78 is 39.8. The number of rotatable bonds is 1. The molecule has 2 rings (SSSR count). The number of hydrogen-bond acceptors (Lipinski definition) is 2. The molecule has 0 fully saturated rings. The molecule has 1 heterocycles. The van der Waals surface area contributed by atoms with Gasteiger partial charge < -0.3 is 9.72 Å². The number of aromatic amines is 1. The normalized spacial score (nSPS) is 11.8. The number of aromatic nitrogens is 1. The average molecular weight is 243 g/mol. The van der Waals surface area contributed by atoms with Gasteiger partial charge in [-0.05, 0) is 19.1 Å². The third-order valence-electron chi connectivity index (χ3n) is 2.17. The third-order valence-corrected chi connectivity index (χ3v) is 2.17. The first-order valence-electron chi connectivity index (χ1n) is 4.74. The molecule has 0 atom stereocenters. The SMILES string of the molecule is Cc1cc(=O)c2ccc(OC(F)(F)F)cc2[nH]1. The lowest BCUT2D eigenvalue weighted by Crippen LogP contribution is -2.17. The number of alkyl halides is 3. The number of hydrogen-bond donors (Lipinski definition) is 1. The van der Waals surface area contributed by atoms with E-state index in [4.69, 9.17) is 0 Å². The Balaban J connectivity index is 2.54. The number of ether oxygens (including phenoxy) is 1. The summed E-state index contributed by atoms with van der Waals surface area (Å²) in [7, 11) is 0. The van der Waals surface area contributed by atoms with Crippen molar-refractivity contribution in [3.63, 3.8) is 0 Å². The number of aryl methyl sites for hydroxylation is 1. The fourth-order valence-corrected chi connectivity index (χ4v) is 1.56. The van der Waals surface area contributed by atoms with Gasteiger partial charge >= 0.3 is 6.36 Å². The summed E-state index contributed by atoms with van der Waals surface area (Å²) in [5, 5.41) is 0.324. The van der Waals surface area contributed by atoms with Crippen LogP contribution >= 0.6 is 0 Å². The minimum atomic E-state index is -4.74. The molecule has 0 unspecified atom stereocenters. The van der Waals surface area contributed by atoms with Crippen LogP contribution in [0.2, 0.25) is 0 Å². The second-order valence-corrected chi connectivity index (χ2v) is 3.57. The molecule has 0 aliphatic heterocycles. The van der Waals surface area contributed by atoms with Crippen molar-refractivity contribution in [2.24, 2.45) is 0 Å². The molecule has 90 valence electrons. The van der Waals surface area contributed by atoms with Crippen molar-refractivity contribution in [1.82, 2.24) is 4.98 Å². The molecule has 1 aromatic carbocycles. The smallest absolute Gasteiger partial charge is 0.406 e. The Morgan fingerprint density at radius 1 is 1.24 bits per heavy atom. The molecule has 2 aromatic rings. The monoisotopic (exact) mass is 243 g/mol. The highest BCUT2D eigenvalue weighted by Gasteiger charge is 2.31. The van der Waals surface area contributed by atoms with E-state index in [0.717, 1.165) is 12.1 Å². The van der Waals surface area contributed by atoms with Gasteiger partial charge in [0.25, 0.3) is 0 Å². The van der Waals surface area contributed by atoms with Gasteiger partial charge in [-0.3, -0.25) is 4.79 Å². The quantitative estimate of drug-likeness (QED) is 0.836. The molecule has 0 bridgehead atoms. The van der Waals surface area contributed by atoms with Gasteiger partial charge in [0.1, 0.15) is 5.75 Å². The minimum Gasteiger partial charge on any atom is -0.406 e. The average Bonchev–Trinajstić information content (AvgIpc) is 2.13. The Morgan fingerprint density at radius 3 is 2.59 bits per heavy atom. The summed E-state index contributed by atoms with van der Waals surface area (Å²) in [6, 6.07) is 4.94. The van der Waals surface area contributed by atoms with Crippen molar-refractivity contribution in [2.45, 2.75) is 13.3 Å². The van der Waals surface area contributed by atoms with Crippen LogP contribution in [0, 0.1) is 6.92 Å². The maximum absolute atomic E-state index is 12.0. The number of H-pyrrole nitrogens is 1. The van der Waals surface area contributed by atoms with Gasteiger partial charge in [-0.15, -0.1) is 13.2 Å². The van der Waals surface area contributed by atoms with Crippen LogP contribution in [0.1, 0.15) is 5.69 Å². The summed E-state index contributed by atoms with van der Waals surface area (Å²) in [5.74, 6) is -0.355. The maximum atomic E-state index is 12.0. The highest BCUT2D eigenvalue weighted by Crippen LogP contribution is 2.24. The van der Waals surface area contributed by atoms with Crippen molar-refractivity contribution in [2.75, 3.05) is 0 Å². The molecular weight excluding hydrogens is 235 g/mol. The predicted molar refractivity (Wildman–Crippen MR) is 56.0 cm³/mol. The molecule has 1 aromatic heterocycles. The van der Waals surface area contributed by atoms with Crippen molar-refractivity contribution >= 4 is 10.9 Å². The van der Waals surface area contributed by atoms with Crippen molar-refractivity contribution in [3.8, 4) is 5.75 Å². The Bertz CT molecular complexity index is 616. The van der Waals surface area contributed by atoms with E-state index in [2.05, 4.69) is 9.72 Å². The third kappa shape index (κ3) is 2.58. The standard InChI is InChI=1S/C11H8F3NO2/c1-6-4-10(16)8-3-2-7(5-9(8)15-6)17-11(12,13)14/h2-5H,1H3,(H,15,16). The lowest BCUT2D eigenvalue weighted by Gasteiger charge is -2.09. The van der Waals surface area contributed by atoms with Crippen LogP contribution in [-0.2, 0) is 0 Å². The lowest BCUT2D eigenvalue weighted by molar-refractivity contribution is -0.274. The van der Waals surface area contributed by atoms with E-state index in [1.807, 2.05) is 0 Å². The number of benzene rings is 1. The predicted octanol–water partition coefficient (Wildman–Crippen LogP) is 2.74. The number of halogens is 3. The van der Waals surface area contributed by atoms with Crippen LogP contribution in [0.25, 0.3) is 10.9 Å². The van der Waals surface area contributed by atoms with E-state index in [9.17, 15) is 18.0 Å². The van der Waals surface area contributed by atoms with Gasteiger partial charge in [-0.1, -0.05) is 0 Å². The fraction of sp³-hybridized carbons (Fsp3) is 0.182. The Labute approximate surface area is 93.8 Å². The highest BCUT2D eigenvalue weighted by atomic mass is 19.4. The van der Waals surface area contributed by atoms with Crippen LogP contribution < -0.4 is 10.2 Å². The first-order chi connectivity index (χ1) is 7.85. The first-order valence-corrected chi connectivity index (χ1v) is 4.74. The topological polar surface area (TPSA) is 42.1 Å². The molecule has 3 nitrogen and oxygen atoms in total. The van der Waals surface area contributed by atoms with E-state index in [-0.39, 0.29) is 11.2 Å². The van der Waals surface area contributed by atoms with E-state index >= 15 is 0 Å². The lowest BCUT2D eigenvalue weighted by atomic mass is 10.2. The molecule has 0 amide bonds. The Hall–Kier alpha value is -1.98. The zero-order valence-corrected chi connectivity index (χ0v) is 8.76. The summed E-state index contributed by atoms with van der Waals surface area (Å²) in [6.45, 7) is 1.65. The van der Waals surface area contributed by atoms with Gasteiger partial charge in [0.2, 0.25) is 0 Å². The maximum Gasteiger partial charge on any atom is 0.573 e. The van der Waals surface area contributed by atoms with E-state index in [1.165, 1.54) is 12.1 Å². The summed E-state index contributed by atoms with van der Waals surface area (Å²) in [4.78, 5) is 14.3. The zero-order valence-electron chi connectivity index (χ0n) is 8.76. The van der Waals surface area contributed by atoms with Crippen LogP contribution in [0.5, 0.6) is 5.75 Å². The van der Waals surface area contributed by atoms with Gasteiger partial charge in [-0.2, -0.15) is 0 Å². The molecule has 0 radical (unpaired) electrons. The van der Waals surface area contributed by atoms with Crippen LogP contribution in [0.3, 0.4) is 0 Å². The number of fused-ring (bicyclic) bond motifs is 1. The van der Waals surface area contributed by atoms with Gasteiger partial charge in [0, 0.05) is 23.2 Å². The fourth-order valence-electron chi connectivity index (χ4n) is 1.56. The van der Waals surface area contributed by atoms with Crippen LogP contribution in [0.15, 0.2) is 29.1 Å². The Morgan fingerprint density at radius 2 is 1.94 bits per heavy atom. The largest absolute Gasteiger partial charge is 0.573 e. The van der Waals surface area contributed by atoms with Crippen molar-refractivity contribution in [3.05, 3.63) is 40.2 Å². The van der Waals surface area contributed by atoms with Crippen molar-refractivity contribution < 1.29 is 17.9 Å². The number of nitrogens with one attached hydrogen (secondary N) is 1. The minimum absolute atomic E-state index is 0.241. The summed E-state index contributed by atoms with van der Waals surface area (Å²) in [5.41, 5.74) is 0.651. The molecule has 17 heavy (non-hydrogen) atoms. The van der Waals surface area contributed by atoms with Crippen LogP contribution in [-0.4, -0.2) is 11.3 Å². The molecule has 0 spiro atoms. The molecule has 1 N–H and O–H groups in total. The zero-order chi connectivity index (χ0) is 12.6. The molecule has 0 aliphatic carbocycles. The second kappa shape index (κ2) is 3.80. The molecule has 6 heteroatoms. The highest BCUT2D eigenvalue weighted by molar-refractivity contribution is 5.79. The molecule has 0 aliphatic rings. The van der Waals surface area contributed by atoms with Gasteiger partial charge in [0.15, 0.2) is 5.43 Å². The van der Waals surface area contributed by atoms with E-state index in [0.29, 0.717) is 16.6 Å². The molecule has 0 saturated heterocycles. The first kappa shape index (κ1) is 11.5.